The molecule has 3 rings (SSSR count). The average molecular weight is 371 g/mol. The van der Waals surface area contributed by atoms with Crippen LogP contribution in [-0.2, 0) is 20.8 Å². The number of imide groups is 2. The highest BCUT2D eigenvalue weighted by Crippen LogP contribution is 2.27. The van der Waals surface area contributed by atoms with Gasteiger partial charge in [-0.2, -0.15) is 0 Å². The third kappa shape index (κ3) is 4.18. The summed E-state index contributed by atoms with van der Waals surface area (Å²) in [5.41, 5.74) is 1.79. The second-order valence-electron chi connectivity index (χ2n) is 7.14. The van der Waals surface area contributed by atoms with Gasteiger partial charge in [0.25, 0.3) is 0 Å². The minimum Gasteiger partial charge on any atom is -0.325 e. The molecule has 7 nitrogen and oxygen atoms in total. The van der Waals surface area contributed by atoms with Crippen LogP contribution in [0.4, 0.5) is 10.5 Å². The molecule has 2 fully saturated rings. The van der Waals surface area contributed by atoms with Crippen LogP contribution in [0, 0.1) is 0 Å². The lowest BCUT2D eigenvalue weighted by Crippen LogP contribution is -2.41. The molecule has 1 aromatic carbocycles. The Bertz CT molecular complexity index is 738. The molecule has 1 heterocycles. The molecule has 0 bridgehead atoms. The predicted octanol–water partition coefficient (Wildman–Crippen LogP) is 2.70. The van der Waals surface area contributed by atoms with E-state index in [1.54, 1.807) is 12.1 Å². The Balaban J connectivity index is 1.59. The molecular weight excluding hydrogens is 346 g/mol. The number of rotatable bonds is 7. The van der Waals surface area contributed by atoms with Crippen LogP contribution in [0.25, 0.3) is 0 Å². The first-order valence-electron chi connectivity index (χ1n) is 9.59. The molecule has 0 atom stereocenters. The molecule has 1 N–H and O–H groups in total. The van der Waals surface area contributed by atoms with Gasteiger partial charge in [-0.25, -0.2) is 9.69 Å². The first-order valence-corrected chi connectivity index (χ1v) is 9.59. The largest absolute Gasteiger partial charge is 0.334 e. The van der Waals surface area contributed by atoms with Crippen LogP contribution >= 0.6 is 0 Å². The maximum Gasteiger partial charge on any atom is 0.334 e. The fraction of sp³-hybridized carbons (Fsp3) is 0.500. The van der Waals surface area contributed by atoms with E-state index in [0.29, 0.717) is 5.69 Å². The zero-order valence-electron chi connectivity index (χ0n) is 15.6. The van der Waals surface area contributed by atoms with E-state index in [9.17, 15) is 19.2 Å². The quantitative estimate of drug-likeness (QED) is 0.590. The zero-order chi connectivity index (χ0) is 19.4. The van der Waals surface area contributed by atoms with Gasteiger partial charge in [0.1, 0.15) is 6.54 Å². The Morgan fingerprint density at radius 1 is 1.07 bits per heavy atom. The van der Waals surface area contributed by atoms with Gasteiger partial charge in [0.05, 0.1) is 0 Å². The van der Waals surface area contributed by atoms with E-state index in [-0.39, 0.29) is 6.04 Å². The number of nitrogens with one attached hydrogen (secondary N) is 1. The lowest BCUT2D eigenvalue weighted by molar-refractivity contribution is -0.144. The molecule has 1 saturated carbocycles. The van der Waals surface area contributed by atoms with Crippen LogP contribution in [-0.4, -0.2) is 46.1 Å². The van der Waals surface area contributed by atoms with Crippen molar-refractivity contribution in [3.8, 4) is 0 Å². The topological polar surface area (TPSA) is 86.8 Å². The van der Waals surface area contributed by atoms with Crippen LogP contribution in [0.5, 0.6) is 0 Å². The molecule has 0 unspecified atom stereocenters. The smallest absolute Gasteiger partial charge is 0.325 e. The fourth-order valence-electron chi connectivity index (χ4n) is 3.63. The van der Waals surface area contributed by atoms with E-state index >= 15 is 0 Å². The van der Waals surface area contributed by atoms with Crippen LogP contribution < -0.4 is 5.32 Å². The maximum absolute atomic E-state index is 12.5. The number of carbonyl (C=O) groups excluding carboxylic acids is 4. The third-order valence-electron chi connectivity index (χ3n) is 5.13. The normalized spacial score (nSPS) is 17.9. The van der Waals surface area contributed by atoms with Crippen molar-refractivity contribution >= 4 is 29.4 Å². The molecule has 1 aromatic rings. The van der Waals surface area contributed by atoms with Crippen LogP contribution in [0.1, 0.15) is 51.0 Å². The predicted molar refractivity (Wildman–Crippen MR) is 99.9 cm³/mol. The minimum atomic E-state index is -0.919. The monoisotopic (exact) mass is 371 g/mol. The van der Waals surface area contributed by atoms with E-state index < -0.39 is 30.3 Å². The summed E-state index contributed by atoms with van der Waals surface area (Å²) in [7, 11) is 0. The lowest BCUT2D eigenvalue weighted by Gasteiger charge is -2.20. The number of benzene rings is 1. The standard InChI is InChI=1S/C20H25N3O4/c1-2-3-6-14-9-11-15(12-10-14)21-17(24)13-22-18(25)19(26)23(20(22)27)16-7-4-5-8-16/h9-12,16H,2-8,13H2,1H3,(H,21,24). The van der Waals surface area contributed by atoms with Crippen molar-refractivity contribution < 1.29 is 19.2 Å². The number of unbranched alkanes of at least 4 members (excludes halogenated alkanes) is 1. The van der Waals surface area contributed by atoms with Crippen LogP contribution in [0.15, 0.2) is 24.3 Å². The van der Waals surface area contributed by atoms with Gasteiger partial charge in [0.15, 0.2) is 0 Å². The van der Waals surface area contributed by atoms with E-state index in [1.165, 1.54) is 5.56 Å². The molecular formula is C20H25N3O4. The van der Waals surface area contributed by atoms with Crippen molar-refractivity contribution in [3.05, 3.63) is 29.8 Å². The van der Waals surface area contributed by atoms with Gasteiger partial charge in [0, 0.05) is 11.7 Å². The molecule has 0 aromatic heterocycles. The molecule has 0 radical (unpaired) electrons. The lowest BCUT2D eigenvalue weighted by atomic mass is 10.1. The van der Waals surface area contributed by atoms with Crippen molar-refractivity contribution in [3.63, 3.8) is 0 Å². The van der Waals surface area contributed by atoms with Crippen molar-refractivity contribution in [2.45, 2.75) is 57.9 Å². The van der Waals surface area contributed by atoms with Crippen LogP contribution in [0.2, 0.25) is 0 Å². The fourth-order valence-corrected chi connectivity index (χ4v) is 3.63. The number of nitrogens with zero attached hydrogens (tertiary/aromatic N) is 2. The highest BCUT2D eigenvalue weighted by Gasteiger charge is 2.48. The van der Waals surface area contributed by atoms with E-state index in [4.69, 9.17) is 0 Å². The Morgan fingerprint density at radius 3 is 2.37 bits per heavy atom. The highest BCUT2D eigenvalue weighted by atomic mass is 16.2. The molecule has 7 heteroatoms. The summed E-state index contributed by atoms with van der Waals surface area (Å²) in [5, 5.41) is 2.68. The Morgan fingerprint density at radius 2 is 1.74 bits per heavy atom. The van der Waals surface area contributed by atoms with Crippen molar-refractivity contribution in [2.24, 2.45) is 0 Å². The molecule has 1 aliphatic heterocycles. The molecule has 1 aliphatic carbocycles. The maximum atomic E-state index is 12.5. The van der Waals surface area contributed by atoms with Gasteiger partial charge in [0.2, 0.25) is 5.91 Å². The van der Waals surface area contributed by atoms with Crippen molar-refractivity contribution in [1.29, 1.82) is 0 Å². The van der Waals surface area contributed by atoms with E-state index in [0.717, 1.165) is 54.7 Å². The van der Waals surface area contributed by atoms with Gasteiger partial charge in [-0.1, -0.05) is 38.3 Å². The molecule has 1 saturated heterocycles. The summed E-state index contributed by atoms with van der Waals surface area (Å²) in [5.74, 6) is -2.24. The van der Waals surface area contributed by atoms with Gasteiger partial charge < -0.3 is 5.32 Å². The summed E-state index contributed by atoms with van der Waals surface area (Å²) in [6, 6.07) is 6.59. The number of hydrogen-bond donors (Lipinski definition) is 1. The number of urea groups is 1. The average Bonchev–Trinajstić information content (AvgIpc) is 3.25. The Kier molecular flexibility index (Phi) is 5.88. The van der Waals surface area contributed by atoms with Crippen LogP contribution in [0.3, 0.4) is 0 Å². The zero-order valence-corrected chi connectivity index (χ0v) is 15.6. The Labute approximate surface area is 158 Å². The van der Waals surface area contributed by atoms with Crippen molar-refractivity contribution in [1.82, 2.24) is 9.80 Å². The van der Waals surface area contributed by atoms with E-state index in [2.05, 4.69) is 12.2 Å². The minimum absolute atomic E-state index is 0.224. The summed E-state index contributed by atoms with van der Waals surface area (Å²) in [4.78, 5) is 50.8. The van der Waals surface area contributed by atoms with Gasteiger partial charge >= 0.3 is 17.8 Å². The molecule has 0 spiro atoms. The molecule has 27 heavy (non-hydrogen) atoms. The number of anilines is 1. The van der Waals surface area contributed by atoms with E-state index in [1.807, 2.05) is 12.1 Å². The summed E-state index contributed by atoms with van der Waals surface area (Å²) in [6.07, 6.45) is 6.52. The third-order valence-corrected chi connectivity index (χ3v) is 5.13. The number of hydrogen-bond acceptors (Lipinski definition) is 4. The highest BCUT2D eigenvalue weighted by molar-refractivity contribution is 6.45. The summed E-state index contributed by atoms with van der Waals surface area (Å²) in [6.45, 7) is 1.68. The van der Waals surface area contributed by atoms with Gasteiger partial charge in [-0.15, -0.1) is 0 Å². The number of amides is 5. The number of carbonyl (C=O) groups is 4. The summed E-state index contributed by atoms with van der Waals surface area (Å²) >= 11 is 0. The first kappa shape index (κ1) is 19.1. The van der Waals surface area contributed by atoms with Crippen molar-refractivity contribution in [2.75, 3.05) is 11.9 Å². The molecule has 5 amide bonds. The van der Waals surface area contributed by atoms with Gasteiger partial charge in [-0.3, -0.25) is 19.3 Å². The molecule has 2 aliphatic rings. The first-order chi connectivity index (χ1) is 13.0. The second-order valence-corrected chi connectivity index (χ2v) is 7.14. The summed E-state index contributed by atoms with van der Waals surface area (Å²) < 4.78 is 0. The second kappa shape index (κ2) is 8.33. The Hall–Kier alpha value is -2.70. The van der Waals surface area contributed by atoms with Gasteiger partial charge in [-0.05, 0) is 43.4 Å². The number of aryl methyl sites for hydroxylation is 1. The SMILES string of the molecule is CCCCc1ccc(NC(=O)CN2C(=O)C(=O)N(C3CCCC3)C2=O)cc1. The molecule has 144 valence electrons.